The number of ether oxygens (including phenoxy) is 1. The molecule has 7 heteroatoms. The number of nitriles is 1. The summed E-state index contributed by atoms with van der Waals surface area (Å²) in [7, 11) is 3.37. The number of allylic oxidation sites excluding steroid dienone is 1. The predicted molar refractivity (Wildman–Crippen MR) is 127 cm³/mol. The quantitative estimate of drug-likeness (QED) is 0.337. The molecular formula is C24H19Cl2N3O2. The van der Waals surface area contributed by atoms with Crippen LogP contribution in [0.1, 0.15) is 21.5 Å². The maximum absolute atomic E-state index is 12.5. The van der Waals surface area contributed by atoms with Crippen LogP contribution in [0.3, 0.4) is 0 Å². The molecule has 0 aliphatic carbocycles. The first-order valence-electron chi connectivity index (χ1n) is 9.29. The summed E-state index contributed by atoms with van der Waals surface area (Å²) in [4.78, 5) is 12.5. The van der Waals surface area contributed by atoms with Gasteiger partial charge in [0.2, 0.25) is 0 Å². The third-order valence-electron chi connectivity index (χ3n) is 4.57. The molecule has 0 heterocycles. The molecule has 0 radical (unpaired) electrons. The third-order valence-corrected chi connectivity index (χ3v) is 5.31. The van der Waals surface area contributed by atoms with Gasteiger partial charge in [0.05, 0.1) is 28.8 Å². The Bertz CT molecular complexity index is 1180. The van der Waals surface area contributed by atoms with Gasteiger partial charge in [-0.2, -0.15) is 5.26 Å². The monoisotopic (exact) mass is 451 g/mol. The number of methoxy groups -OCH3 is 1. The highest BCUT2D eigenvalue weighted by molar-refractivity contribution is 6.42. The number of anilines is 2. The van der Waals surface area contributed by atoms with Crippen LogP contribution in [0.4, 0.5) is 11.4 Å². The molecule has 0 saturated heterocycles. The molecule has 3 aromatic rings. The van der Waals surface area contributed by atoms with Gasteiger partial charge in [-0.15, -0.1) is 0 Å². The average Bonchev–Trinajstić information content (AvgIpc) is 2.79. The number of nitrogens with zero attached hydrogens (tertiary/aromatic N) is 1. The maximum atomic E-state index is 12.5. The second kappa shape index (κ2) is 10.0. The van der Waals surface area contributed by atoms with Crippen molar-refractivity contribution in [1.82, 2.24) is 0 Å². The molecule has 5 nitrogen and oxygen atoms in total. The molecule has 0 aromatic heterocycles. The molecule has 156 valence electrons. The van der Waals surface area contributed by atoms with Gasteiger partial charge in [0.15, 0.2) is 0 Å². The lowest BCUT2D eigenvalue weighted by atomic mass is 10.0. The molecule has 0 fully saturated rings. The summed E-state index contributed by atoms with van der Waals surface area (Å²) in [6, 6.07) is 19.5. The Kier molecular flexibility index (Phi) is 7.19. The summed E-state index contributed by atoms with van der Waals surface area (Å²) in [5, 5.41) is 16.3. The largest absolute Gasteiger partial charge is 0.497 e. The summed E-state index contributed by atoms with van der Waals surface area (Å²) in [6.45, 7) is 0. The summed E-state index contributed by atoms with van der Waals surface area (Å²) >= 11 is 11.9. The molecule has 0 aliphatic rings. The van der Waals surface area contributed by atoms with Crippen molar-refractivity contribution in [3.05, 3.63) is 87.4 Å². The molecule has 2 N–H and O–H groups in total. The van der Waals surface area contributed by atoms with E-state index in [1.807, 2.05) is 12.1 Å². The predicted octanol–water partition coefficient (Wildman–Crippen LogP) is 6.36. The number of halogens is 2. The number of carbonyl (C=O) groups is 1. The van der Waals surface area contributed by atoms with Crippen LogP contribution in [0.5, 0.6) is 5.75 Å². The van der Waals surface area contributed by atoms with E-state index in [1.54, 1.807) is 68.8 Å². The van der Waals surface area contributed by atoms with Gasteiger partial charge in [-0.25, -0.2) is 0 Å². The number of carbonyl (C=O) groups excluding carboxylic acids is 1. The number of hydrogen-bond donors (Lipinski definition) is 2. The van der Waals surface area contributed by atoms with Crippen LogP contribution in [0.25, 0.3) is 11.6 Å². The number of amides is 1. The molecule has 0 aliphatic heterocycles. The lowest BCUT2D eigenvalue weighted by Crippen LogP contribution is -2.11. The lowest BCUT2D eigenvalue weighted by molar-refractivity contribution is 0.102. The Morgan fingerprint density at radius 2 is 1.77 bits per heavy atom. The minimum absolute atomic E-state index is 0.278. The smallest absolute Gasteiger partial charge is 0.255 e. The topological polar surface area (TPSA) is 74.1 Å². The van der Waals surface area contributed by atoms with Crippen molar-refractivity contribution in [2.45, 2.75) is 0 Å². The van der Waals surface area contributed by atoms with Crippen molar-refractivity contribution in [3.63, 3.8) is 0 Å². The first-order valence-corrected chi connectivity index (χ1v) is 10.0. The van der Waals surface area contributed by atoms with E-state index in [2.05, 4.69) is 16.7 Å². The fraction of sp³-hybridized carbons (Fsp3) is 0.0833. The molecule has 0 spiro atoms. The zero-order chi connectivity index (χ0) is 22.4. The van der Waals surface area contributed by atoms with Gasteiger partial charge >= 0.3 is 0 Å². The maximum Gasteiger partial charge on any atom is 0.255 e. The second-order valence-electron chi connectivity index (χ2n) is 6.54. The number of hydrogen-bond acceptors (Lipinski definition) is 4. The third kappa shape index (κ3) is 5.37. The van der Waals surface area contributed by atoms with Crippen molar-refractivity contribution < 1.29 is 9.53 Å². The van der Waals surface area contributed by atoms with Crippen molar-refractivity contribution in [2.24, 2.45) is 0 Å². The highest BCUT2D eigenvalue weighted by Crippen LogP contribution is 2.29. The van der Waals surface area contributed by atoms with Crippen LogP contribution in [-0.4, -0.2) is 20.1 Å². The van der Waals surface area contributed by atoms with E-state index >= 15 is 0 Å². The highest BCUT2D eigenvalue weighted by Gasteiger charge is 2.10. The molecule has 31 heavy (non-hydrogen) atoms. The Morgan fingerprint density at radius 1 is 1.03 bits per heavy atom. The van der Waals surface area contributed by atoms with Crippen LogP contribution in [0.2, 0.25) is 10.0 Å². The minimum atomic E-state index is -0.278. The Hall–Kier alpha value is -3.46. The number of rotatable bonds is 6. The molecule has 3 rings (SSSR count). The van der Waals surface area contributed by atoms with E-state index in [1.165, 1.54) is 0 Å². The van der Waals surface area contributed by atoms with Crippen LogP contribution in [0.15, 0.2) is 60.7 Å². The first-order chi connectivity index (χ1) is 14.9. The van der Waals surface area contributed by atoms with Crippen molar-refractivity contribution in [1.29, 1.82) is 5.26 Å². The van der Waals surface area contributed by atoms with Crippen LogP contribution < -0.4 is 15.4 Å². The van der Waals surface area contributed by atoms with Gasteiger partial charge in [0.25, 0.3) is 5.91 Å². The summed E-state index contributed by atoms with van der Waals surface area (Å²) in [5.41, 5.74) is 3.81. The molecule has 1 amide bonds. The Labute approximate surface area is 190 Å². The molecule has 0 bridgehead atoms. The van der Waals surface area contributed by atoms with E-state index in [0.29, 0.717) is 32.6 Å². The van der Waals surface area contributed by atoms with E-state index in [-0.39, 0.29) is 5.91 Å². The molecule has 0 unspecified atom stereocenters. The normalized spacial score (nSPS) is 10.9. The Balaban J connectivity index is 1.83. The highest BCUT2D eigenvalue weighted by atomic mass is 35.5. The molecular weight excluding hydrogens is 433 g/mol. The van der Waals surface area contributed by atoms with Crippen molar-refractivity contribution in [2.75, 3.05) is 24.8 Å². The number of benzene rings is 3. The molecule has 0 atom stereocenters. The van der Waals surface area contributed by atoms with Crippen LogP contribution in [0, 0.1) is 11.3 Å². The summed E-state index contributed by atoms with van der Waals surface area (Å²) < 4.78 is 5.28. The van der Waals surface area contributed by atoms with Crippen LogP contribution in [-0.2, 0) is 0 Å². The van der Waals surface area contributed by atoms with E-state index < -0.39 is 0 Å². The van der Waals surface area contributed by atoms with Gasteiger partial charge in [0, 0.05) is 29.5 Å². The summed E-state index contributed by atoms with van der Waals surface area (Å²) in [6.07, 6.45) is 1.76. The molecule has 3 aromatic carbocycles. The zero-order valence-electron chi connectivity index (χ0n) is 16.9. The molecule has 0 saturated carbocycles. The van der Waals surface area contributed by atoms with Crippen LogP contribution >= 0.6 is 23.2 Å². The van der Waals surface area contributed by atoms with Gasteiger partial charge in [0.1, 0.15) is 5.75 Å². The van der Waals surface area contributed by atoms with Gasteiger partial charge in [-0.05, 0) is 60.2 Å². The minimum Gasteiger partial charge on any atom is -0.497 e. The fourth-order valence-corrected chi connectivity index (χ4v) is 3.23. The van der Waals surface area contributed by atoms with E-state index in [0.717, 1.165) is 16.8 Å². The average molecular weight is 452 g/mol. The zero-order valence-corrected chi connectivity index (χ0v) is 18.4. The van der Waals surface area contributed by atoms with Crippen molar-refractivity contribution >= 4 is 52.1 Å². The fourth-order valence-electron chi connectivity index (χ4n) is 2.94. The Morgan fingerprint density at radius 3 is 2.39 bits per heavy atom. The van der Waals surface area contributed by atoms with Gasteiger partial charge in [-0.3, -0.25) is 4.79 Å². The van der Waals surface area contributed by atoms with E-state index in [9.17, 15) is 10.1 Å². The van der Waals surface area contributed by atoms with Gasteiger partial charge in [-0.1, -0.05) is 35.3 Å². The SMILES string of the molecule is CNc1ccc(OC)cc1/C(C#N)=C/c1ccc(C(=O)Nc2ccc(Cl)c(Cl)c2)cc1. The van der Waals surface area contributed by atoms with Crippen molar-refractivity contribution in [3.8, 4) is 11.8 Å². The lowest BCUT2D eigenvalue weighted by Gasteiger charge is -2.10. The van der Waals surface area contributed by atoms with Gasteiger partial charge < -0.3 is 15.4 Å². The summed E-state index contributed by atoms with van der Waals surface area (Å²) in [5.74, 6) is 0.379. The standard InChI is InChI=1S/C24H19Cl2N3O2/c1-28-23-10-8-19(31-2)13-20(23)17(14-27)11-15-3-5-16(6-4-15)24(30)29-18-7-9-21(25)22(26)12-18/h3-13,28H,1-2H3,(H,29,30)/b17-11+. The second-order valence-corrected chi connectivity index (χ2v) is 7.35. The number of nitrogens with one attached hydrogen (secondary N) is 2. The first kappa shape index (κ1) is 22.2. The van der Waals surface area contributed by atoms with E-state index in [4.69, 9.17) is 27.9 Å².